The molecule has 0 spiro atoms. The summed E-state index contributed by atoms with van der Waals surface area (Å²) in [5.41, 5.74) is -0.243. The molecule has 0 radical (unpaired) electrons. The Hall–Kier alpha value is -1.94. The van der Waals surface area contributed by atoms with Crippen molar-refractivity contribution in [1.82, 2.24) is 35.7 Å². The molecule has 0 aliphatic carbocycles. The zero-order chi connectivity index (χ0) is 18.2. The Balaban J connectivity index is 1.49. The quantitative estimate of drug-likeness (QED) is 0.436. The lowest BCUT2D eigenvalue weighted by Gasteiger charge is -2.23. The number of H-pyrrole nitrogens is 1. The van der Waals surface area contributed by atoms with Gasteiger partial charge in [0.1, 0.15) is 17.0 Å². The third-order valence-electron chi connectivity index (χ3n) is 4.29. The van der Waals surface area contributed by atoms with Gasteiger partial charge in [-0.25, -0.2) is 4.68 Å². The van der Waals surface area contributed by atoms with Crippen molar-refractivity contribution in [2.75, 3.05) is 26.4 Å². The minimum atomic E-state index is -0.148. The van der Waals surface area contributed by atoms with Crippen LogP contribution in [0, 0.1) is 0 Å². The van der Waals surface area contributed by atoms with E-state index in [0.29, 0.717) is 26.4 Å². The van der Waals surface area contributed by atoms with Gasteiger partial charge in [-0.05, 0) is 51.0 Å². The molecule has 0 saturated carbocycles. The van der Waals surface area contributed by atoms with Crippen LogP contribution in [-0.4, -0.2) is 62.2 Å². The lowest BCUT2D eigenvalue weighted by atomic mass is 10.0. The van der Waals surface area contributed by atoms with E-state index in [2.05, 4.69) is 58.7 Å². The summed E-state index contributed by atoms with van der Waals surface area (Å²) in [7, 11) is 0. The largest absolute Gasteiger partial charge is 0.381 e. The van der Waals surface area contributed by atoms with Crippen LogP contribution in [0.4, 0.5) is 0 Å². The van der Waals surface area contributed by atoms with Crippen molar-refractivity contribution in [3.63, 3.8) is 0 Å². The summed E-state index contributed by atoms with van der Waals surface area (Å²) >= 11 is 0. The highest BCUT2D eigenvalue weighted by atomic mass is 16.5. The minimum Gasteiger partial charge on any atom is -0.381 e. The highest BCUT2D eigenvalue weighted by Crippen LogP contribution is 2.17. The van der Waals surface area contributed by atoms with E-state index >= 15 is 0 Å². The molecule has 0 bridgehead atoms. The second-order valence-electron chi connectivity index (χ2n) is 7.26. The van der Waals surface area contributed by atoms with Gasteiger partial charge < -0.3 is 9.47 Å². The van der Waals surface area contributed by atoms with Crippen LogP contribution in [0.15, 0.2) is 12.7 Å². The molecule has 0 aliphatic heterocycles. The highest BCUT2D eigenvalue weighted by molar-refractivity contribution is 4.74. The van der Waals surface area contributed by atoms with Crippen LogP contribution in [0.3, 0.4) is 0 Å². The van der Waals surface area contributed by atoms with Crippen LogP contribution >= 0.6 is 0 Å². The molecule has 0 unspecified atom stereocenters. The average molecular weight is 353 g/mol. The fourth-order valence-corrected chi connectivity index (χ4v) is 2.25. The van der Waals surface area contributed by atoms with Crippen LogP contribution in [0.2, 0.25) is 0 Å². The van der Waals surface area contributed by atoms with E-state index < -0.39 is 0 Å². The third kappa shape index (κ3) is 6.13. The van der Waals surface area contributed by atoms with E-state index in [1.165, 1.54) is 0 Å². The molecule has 0 saturated heterocycles. The lowest BCUT2D eigenvalue weighted by molar-refractivity contribution is -0.810. The predicted molar refractivity (Wildman–Crippen MR) is 88.5 cm³/mol. The van der Waals surface area contributed by atoms with Crippen molar-refractivity contribution in [2.24, 2.45) is 0 Å². The molecule has 2 aromatic heterocycles. The number of hydrogen-bond acceptors (Lipinski definition) is 7. The molecule has 0 amide bonds. The number of rotatable bonds is 12. The Morgan fingerprint density at radius 2 is 1.72 bits per heavy atom. The molecule has 0 aliphatic rings. The Morgan fingerprint density at radius 1 is 1.00 bits per heavy atom. The maximum Gasteiger partial charge on any atom is 0.288 e. The predicted octanol–water partition coefficient (Wildman–Crippen LogP) is 0.453. The SMILES string of the molecule is CC(C)(CCOCCCOCCC(C)(C)[n+]1cnn[nH]1)n1cnnn1. The van der Waals surface area contributed by atoms with Crippen LogP contribution in [0.5, 0.6) is 0 Å². The smallest absolute Gasteiger partial charge is 0.288 e. The Bertz CT molecular complexity index is 530. The summed E-state index contributed by atoms with van der Waals surface area (Å²) in [5.74, 6) is 0. The van der Waals surface area contributed by atoms with Gasteiger partial charge in [0.25, 0.3) is 6.33 Å². The normalized spacial score (nSPS) is 12.6. The number of aromatic nitrogens is 8. The maximum atomic E-state index is 5.70. The van der Waals surface area contributed by atoms with E-state index in [1.807, 2.05) is 4.68 Å². The number of aromatic amines is 1. The van der Waals surface area contributed by atoms with E-state index in [-0.39, 0.29) is 11.1 Å². The molecular weight excluding hydrogens is 324 g/mol. The third-order valence-corrected chi connectivity index (χ3v) is 4.29. The Morgan fingerprint density at radius 3 is 2.32 bits per heavy atom. The number of nitrogens with zero attached hydrogens (tertiary/aromatic N) is 7. The van der Waals surface area contributed by atoms with Gasteiger partial charge in [0.2, 0.25) is 0 Å². The van der Waals surface area contributed by atoms with Gasteiger partial charge in [-0.1, -0.05) is 5.21 Å². The van der Waals surface area contributed by atoms with Gasteiger partial charge in [0.15, 0.2) is 5.21 Å². The summed E-state index contributed by atoms with van der Waals surface area (Å²) in [6, 6.07) is 0. The second-order valence-corrected chi connectivity index (χ2v) is 7.26. The first-order valence-electron chi connectivity index (χ1n) is 8.59. The second kappa shape index (κ2) is 8.95. The molecular formula is C15H29N8O2+. The molecule has 0 fully saturated rings. The van der Waals surface area contributed by atoms with Gasteiger partial charge in [-0.15, -0.1) is 5.10 Å². The molecule has 1 N–H and O–H groups in total. The monoisotopic (exact) mass is 353 g/mol. The lowest BCUT2D eigenvalue weighted by Crippen LogP contribution is -2.54. The summed E-state index contributed by atoms with van der Waals surface area (Å²) in [6.45, 7) is 11.1. The molecule has 2 heterocycles. The first kappa shape index (κ1) is 19.4. The molecule has 2 rings (SSSR count). The Kier molecular flexibility index (Phi) is 6.94. The van der Waals surface area contributed by atoms with Gasteiger partial charge in [0.05, 0.1) is 12.1 Å². The van der Waals surface area contributed by atoms with Crippen LogP contribution in [0.1, 0.15) is 47.0 Å². The van der Waals surface area contributed by atoms with Crippen molar-refractivity contribution in [1.29, 1.82) is 0 Å². The molecule has 2 aromatic rings. The van der Waals surface area contributed by atoms with Gasteiger partial charge in [0, 0.05) is 26.2 Å². The van der Waals surface area contributed by atoms with E-state index in [0.717, 1.165) is 19.3 Å². The van der Waals surface area contributed by atoms with Gasteiger partial charge in [-0.2, -0.15) is 4.68 Å². The molecule has 0 atom stereocenters. The van der Waals surface area contributed by atoms with Crippen molar-refractivity contribution in [3.05, 3.63) is 12.7 Å². The van der Waals surface area contributed by atoms with Crippen molar-refractivity contribution in [3.8, 4) is 0 Å². The molecule has 10 nitrogen and oxygen atoms in total. The van der Waals surface area contributed by atoms with Crippen LogP contribution in [-0.2, 0) is 20.6 Å². The first-order valence-corrected chi connectivity index (χ1v) is 8.59. The van der Waals surface area contributed by atoms with E-state index in [1.54, 1.807) is 17.3 Å². The molecule has 140 valence electrons. The topological polar surface area (TPSA) is 108 Å². The molecule has 25 heavy (non-hydrogen) atoms. The fraction of sp³-hybridized carbons (Fsp3) is 0.867. The molecule has 0 aromatic carbocycles. The number of tetrazole rings is 2. The molecule has 10 heteroatoms. The summed E-state index contributed by atoms with van der Waals surface area (Å²) < 4.78 is 15.0. The van der Waals surface area contributed by atoms with E-state index in [9.17, 15) is 0 Å². The van der Waals surface area contributed by atoms with Crippen molar-refractivity contribution >= 4 is 0 Å². The fourth-order valence-electron chi connectivity index (χ4n) is 2.25. The average Bonchev–Trinajstić information content (AvgIpc) is 3.26. The number of ether oxygens (including phenoxy) is 2. The Labute approximate surface area is 147 Å². The van der Waals surface area contributed by atoms with Crippen molar-refractivity contribution in [2.45, 2.75) is 58.0 Å². The first-order chi connectivity index (χ1) is 11.9. The van der Waals surface area contributed by atoms with E-state index in [4.69, 9.17) is 9.47 Å². The zero-order valence-corrected chi connectivity index (χ0v) is 15.6. The zero-order valence-electron chi connectivity index (χ0n) is 15.6. The van der Waals surface area contributed by atoms with Gasteiger partial charge in [-0.3, -0.25) is 0 Å². The van der Waals surface area contributed by atoms with Crippen LogP contribution in [0.25, 0.3) is 0 Å². The number of nitrogens with one attached hydrogen (secondary N) is 1. The van der Waals surface area contributed by atoms with Crippen molar-refractivity contribution < 1.29 is 14.2 Å². The summed E-state index contributed by atoms with van der Waals surface area (Å²) in [5, 5.41) is 21.7. The summed E-state index contributed by atoms with van der Waals surface area (Å²) in [4.78, 5) is 0. The summed E-state index contributed by atoms with van der Waals surface area (Å²) in [6.07, 6.45) is 5.92. The van der Waals surface area contributed by atoms with Gasteiger partial charge >= 0.3 is 0 Å². The highest BCUT2D eigenvalue weighted by Gasteiger charge is 2.25. The van der Waals surface area contributed by atoms with Crippen LogP contribution < -0.4 is 4.68 Å². The number of hydrogen-bond donors (Lipinski definition) is 1. The standard InChI is InChI=1S/C15H28N8O2/c1-14(2,22-12-16-18-20-22)6-10-24-8-5-9-25-11-7-15(3,4)23-13-17-19-21-23/h12-13H,5-11H2,1-4H3/p+1. The minimum absolute atomic E-state index is 0.0954. The maximum absolute atomic E-state index is 5.70.